The summed E-state index contributed by atoms with van der Waals surface area (Å²) < 4.78 is 0. The second-order valence-corrected chi connectivity index (χ2v) is 4.75. The predicted octanol–water partition coefficient (Wildman–Crippen LogP) is 1.90. The zero-order valence-electron chi connectivity index (χ0n) is 10.9. The average molecular weight is 271 g/mol. The van der Waals surface area contributed by atoms with E-state index in [0.717, 1.165) is 5.75 Å². The second-order valence-electron chi connectivity index (χ2n) is 3.84. The van der Waals surface area contributed by atoms with Gasteiger partial charge in [0.05, 0.1) is 4.92 Å². The van der Waals surface area contributed by atoms with Gasteiger partial charge in [-0.15, -0.1) is 0 Å². The molecule has 0 spiro atoms. The number of nitro groups is 1. The lowest BCUT2D eigenvalue weighted by atomic mass is 10.3. The van der Waals surface area contributed by atoms with Gasteiger partial charge < -0.3 is 10.6 Å². The Hall–Kier alpha value is -1.57. The maximum atomic E-state index is 11.0. The number of anilines is 2. The van der Waals surface area contributed by atoms with Crippen LogP contribution in [0.3, 0.4) is 0 Å². The topological polar surface area (TPSA) is 93.0 Å². The molecule has 2 N–H and O–H groups in total. The van der Waals surface area contributed by atoms with E-state index < -0.39 is 4.92 Å². The summed E-state index contributed by atoms with van der Waals surface area (Å²) in [6.45, 7) is 3.56. The third kappa shape index (κ3) is 3.46. The average Bonchev–Trinajstić information content (AvgIpc) is 2.27. The van der Waals surface area contributed by atoms with Crippen molar-refractivity contribution in [1.82, 2.24) is 9.97 Å². The molecule has 8 heteroatoms. The smallest absolute Gasteiger partial charge is 0.332 e. The van der Waals surface area contributed by atoms with E-state index in [1.165, 1.54) is 0 Å². The van der Waals surface area contributed by atoms with E-state index >= 15 is 0 Å². The SMILES string of the molecule is CNc1nc(C)c([N+](=O)[O-])c(NC(C)CSC)n1. The first-order chi connectivity index (χ1) is 8.49. The molecule has 0 bridgehead atoms. The minimum Gasteiger partial charge on any atom is -0.361 e. The summed E-state index contributed by atoms with van der Waals surface area (Å²) >= 11 is 1.67. The summed E-state index contributed by atoms with van der Waals surface area (Å²) in [5.41, 5.74) is 0.278. The van der Waals surface area contributed by atoms with Crippen molar-refractivity contribution >= 4 is 29.2 Å². The van der Waals surface area contributed by atoms with E-state index in [4.69, 9.17) is 0 Å². The van der Waals surface area contributed by atoms with Gasteiger partial charge in [0.15, 0.2) is 0 Å². The van der Waals surface area contributed by atoms with Gasteiger partial charge in [0, 0.05) is 18.8 Å². The molecule has 0 fully saturated rings. The van der Waals surface area contributed by atoms with Gasteiger partial charge in [0.25, 0.3) is 0 Å². The van der Waals surface area contributed by atoms with Crippen LogP contribution in [0.25, 0.3) is 0 Å². The number of nitrogens with zero attached hydrogens (tertiary/aromatic N) is 3. The lowest BCUT2D eigenvalue weighted by Crippen LogP contribution is -2.20. The first-order valence-corrected chi connectivity index (χ1v) is 6.85. The molecule has 1 atom stereocenters. The van der Waals surface area contributed by atoms with Gasteiger partial charge in [-0.25, -0.2) is 4.98 Å². The monoisotopic (exact) mass is 271 g/mol. The fourth-order valence-corrected chi connectivity index (χ4v) is 2.11. The van der Waals surface area contributed by atoms with Crippen LogP contribution in [-0.4, -0.2) is 40.0 Å². The Kier molecular flexibility index (Phi) is 5.14. The van der Waals surface area contributed by atoms with Crippen LogP contribution in [0.5, 0.6) is 0 Å². The molecule has 0 saturated carbocycles. The van der Waals surface area contributed by atoms with E-state index in [1.54, 1.807) is 25.7 Å². The van der Waals surface area contributed by atoms with Gasteiger partial charge in [-0.2, -0.15) is 16.7 Å². The Balaban J connectivity index is 3.13. The van der Waals surface area contributed by atoms with Crippen molar-refractivity contribution in [1.29, 1.82) is 0 Å². The molecule has 1 heterocycles. The van der Waals surface area contributed by atoms with Crippen molar-refractivity contribution in [2.75, 3.05) is 29.7 Å². The van der Waals surface area contributed by atoms with Gasteiger partial charge in [-0.05, 0) is 20.1 Å². The Labute approximate surface area is 110 Å². The lowest BCUT2D eigenvalue weighted by molar-refractivity contribution is -0.385. The van der Waals surface area contributed by atoms with E-state index in [9.17, 15) is 10.1 Å². The van der Waals surface area contributed by atoms with Gasteiger partial charge in [-0.1, -0.05) is 0 Å². The van der Waals surface area contributed by atoms with Gasteiger partial charge in [0.2, 0.25) is 11.8 Å². The minimum atomic E-state index is -0.455. The Morgan fingerprint density at radius 3 is 2.67 bits per heavy atom. The number of aryl methyl sites for hydroxylation is 1. The highest BCUT2D eigenvalue weighted by Crippen LogP contribution is 2.27. The maximum absolute atomic E-state index is 11.0. The highest BCUT2D eigenvalue weighted by atomic mass is 32.2. The summed E-state index contributed by atoms with van der Waals surface area (Å²) in [5, 5.41) is 16.9. The van der Waals surface area contributed by atoms with Crippen molar-refractivity contribution in [2.45, 2.75) is 19.9 Å². The van der Waals surface area contributed by atoms with Crippen LogP contribution in [-0.2, 0) is 0 Å². The molecule has 18 heavy (non-hydrogen) atoms. The molecule has 1 unspecified atom stereocenters. The molecule has 1 aromatic rings. The molecule has 1 aromatic heterocycles. The number of nitrogens with one attached hydrogen (secondary N) is 2. The number of rotatable bonds is 6. The zero-order chi connectivity index (χ0) is 13.7. The van der Waals surface area contributed by atoms with Crippen LogP contribution in [0, 0.1) is 17.0 Å². The summed E-state index contributed by atoms with van der Waals surface area (Å²) in [6.07, 6.45) is 1.98. The predicted molar refractivity (Wildman–Crippen MR) is 74.4 cm³/mol. The number of thioether (sulfide) groups is 1. The van der Waals surface area contributed by atoms with Gasteiger partial charge in [0.1, 0.15) is 5.69 Å². The molecule has 0 radical (unpaired) electrons. The minimum absolute atomic E-state index is 0.0676. The molecular formula is C10H17N5O2S. The zero-order valence-corrected chi connectivity index (χ0v) is 11.7. The van der Waals surface area contributed by atoms with Crippen LogP contribution in [0.4, 0.5) is 17.5 Å². The fraction of sp³-hybridized carbons (Fsp3) is 0.600. The van der Waals surface area contributed by atoms with E-state index in [2.05, 4.69) is 20.6 Å². The number of hydrogen-bond acceptors (Lipinski definition) is 7. The Morgan fingerprint density at radius 1 is 1.50 bits per heavy atom. The second kappa shape index (κ2) is 6.39. The molecule has 1 rings (SSSR count). The molecule has 0 aromatic carbocycles. The van der Waals surface area contributed by atoms with E-state index in [0.29, 0.717) is 11.6 Å². The number of hydrogen-bond donors (Lipinski definition) is 2. The molecule has 0 aliphatic rings. The standard InChI is InChI=1S/C10H17N5O2S/c1-6(5-18-4)12-9-8(15(16)17)7(2)13-10(11-3)14-9/h6H,5H2,1-4H3,(H2,11,12,13,14). The molecular weight excluding hydrogens is 254 g/mol. The highest BCUT2D eigenvalue weighted by Gasteiger charge is 2.22. The van der Waals surface area contributed by atoms with E-state index in [-0.39, 0.29) is 17.5 Å². The summed E-state index contributed by atoms with van der Waals surface area (Å²) in [6, 6.07) is 0.0951. The normalized spacial score (nSPS) is 12.0. The van der Waals surface area contributed by atoms with Crippen molar-refractivity contribution in [3.8, 4) is 0 Å². The number of aromatic nitrogens is 2. The summed E-state index contributed by atoms with van der Waals surface area (Å²) in [5.74, 6) is 1.48. The summed E-state index contributed by atoms with van der Waals surface area (Å²) in [4.78, 5) is 18.7. The van der Waals surface area contributed by atoms with Gasteiger partial charge in [-0.3, -0.25) is 10.1 Å². The molecule has 0 aliphatic heterocycles. The fourth-order valence-electron chi connectivity index (χ4n) is 1.52. The van der Waals surface area contributed by atoms with Crippen LogP contribution < -0.4 is 10.6 Å². The third-order valence-electron chi connectivity index (χ3n) is 2.26. The van der Waals surface area contributed by atoms with E-state index in [1.807, 2.05) is 13.2 Å². The molecule has 100 valence electrons. The quantitative estimate of drug-likeness (QED) is 0.603. The first kappa shape index (κ1) is 14.5. The van der Waals surface area contributed by atoms with Gasteiger partial charge >= 0.3 is 5.69 Å². The molecule has 0 amide bonds. The van der Waals surface area contributed by atoms with Crippen LogP contribution in [0.1, 0.15) is 12.6 Å². The van der Waals surface area contributed by atoms with Crippen molar-refractivity contribution in [2.24, 2.45) is 0 Å². The summed E-state index contributed by atoms with van der Waals surface area (Å²) in [7, 11) is 1.68. The molecule has 0 aliphatic carbocycles. The van der Waals surface area contributed by atoms with Crippen LogP contribution in [0.2, 0.25) is 0 Å². The molecule has 0 saturated heterocycles. The van der Waals surface area contributed by atoms with Crippen LogP contribution in [0.15, 0.2) is 0 Å². The first-order valence-electron chi connectivity index (χ1n) is 5.45. The lowest BCUT2D eigenvalue weighted by Gasteiger charge is -2.14. The Bertz CT molecular complexity index is 441. The van der Waals surface area contributed by atoms with Crippen molar-refractivity contribution in [3.05, 3.63) is 15.8 Å². The third-order valence-corrected chi connectivity index (χ3v) is 3.10. The van der Waals surface area contributed by atoms with Crippen molar-refractivity contribution < 1.29 is 4.92 Å². The highest BCUT2D eigenvalue weighted by molar-refractivity contribution is 7.98. The van der Waals surface area contributed by atoms with Crippen LogP contribution >= 0.6 is 11.8 Å². The Morgan fingerprint density at radius 2 is 2.17 bits per heavy atom. The van der Waals surface area contributed by atoms with Crippen molar-refractivity contribution in [3.63, 3.8) is 0 Å². The largest absolute Gasteiger partial charge is 0.361 e. The maximum Gasteiger partial charge on any atom is 0.332 e. The molecule has 7 nitrogen and oxygen atoms in total.